The predicted octanol–water partition coefficient (Wildman–Crippen LogP) is 4.25. The molecule has 1 spiro atoms. The third kappa shape index (κ3) is 7.12. The van der Waals surface area contributed by atoms with E-state index in [1.54, 1.807) is 25.2 Å². The number of nitrogens with zero attached hydrogens (tertiary/aromatic N) is 2. The van der Waals surface area contributed by atoms with Crippen LogP contribution in [0.2, 0.25) is 0 Å². The van der Waals surface area contributed by atoms with Gasteiger partial charge in [-0.2, -0.15) is 0 Å². The monoisotopic (exact) mass is 620 g/mol. The maximum Gasteiger partial charge on any atom is 0.251 e. The lowest BCUT2D eigenvalue weighted by molar-refractivity contribution is -0.166. The van der Waals surface area contributed by atoms with E-state index in [0.717, 1.165) is 44.1 Å². The number of ether oxygens (including phenoxy) is 2. The number of carbonyl (C=O) groups excluding carboxylic acids is 3. The van der Waals surface area contributed by atoms with E-state index in [1.807, 2.05) is 29.2 Å². The number of carbonyl (C=O) groups is 3. The Morgan fingerprint density at radius 3 is 2.42 bits per heavy atom. The molecule has 3 aliphatic rings. The number of piperidine rings is 1. The van der Waals surface area contributed by atoms with Gasteiger partial charge < -0.3 is 30.1 Å². The van der Waals surface area contributed by atoms with E-state index < -0.39 is 17.7 Å². The number of hydrogen-bond donors (Lipinski definition) is 3. The number of unbranched alkanes of at least 4 members (excludes halogenated alkanes) is 1. The van der Waals surface area contributed by atoms with Crippen LogP contribution in [-0.4, -0.2) is 84.1 Å². The van der Waals surface area contributed by atoms with Gasteiger partial charge in [-0.15, -0.1) is 0 Å². The number of likely N-dealkylation sites (tertiary alicyclic amines) is 1. The number of amides is 3. The van der Waals surface area contributed by atoms with Crippen molar-refractivity contribution in [1.29, 1.82) is 0 Å². The molecule has 2 atom stereocenters. The average Bonchev–Trinajstić information content (AvgIpc) is 3.08. The summed E-state index contributed by atoms with van der Waals surface area (Å²) >= 11 is 0. The highest BCUT2D eigenvalue weighted by atomic mass is 16.5. The molecule has 3 amide bonds. The van der Waals surface area contributed by atoms with Crippen LogP contribution in [0.5, 0.6) is 17.2 Å². The normalized spacial score (nSPS) is 21.3. The Balaban J connectivity index is 1.21. The molecule has 10 nitrogen and oxygen atoms in total. The molecule has 0 aromatic heterocycles. The second-order valence-corrected chi connectivity index (χ2v) is 12.7. The molecule has 2 saturated heterocycles. The van der Waals surface area contributed by atoms with E-state index in [2.05, 4.69) is 22.5 Å². The molecule has 5 rings (SSSR count). The van der Waals surface area contributed by atoms with Crippen LogP contribution in [-0.2, 0) is 16.1 Å². The molecule has 0 bridgehead atoms. The van der Waals surface area contributed by atoms with Crippen molar-refractivity contribution in [3.63, 3.8) is 0 Å². The summed E-state index contributed by atoms with van der Waals surface area (Å²) in [4.78, 5) is 43.8. The Morgan fingerprint density at radius 2 is 1.78 bits per heavy atom. The Morgan fingerprint density at radius 1 is 1.07 bits per heavy atom. The minimum Gasteiger partial charge on any atom is -0.493 e. The fourth-order valence-electron chi connectivity index (χ4n) is 7.12. The molecule has 1 aliphatic carbocycles. The summed E-state index contributed by atoms with van der Waals surface area (Å²) in [5, 5.41) is 16.8. The molecule has 2 aromatic carbocycles. The summed E-state index contributed by atoms with van der Waals surface area (Å²) in [6, 6.07) is 12.1. The maximum atomic E-state index is 13.9. The highest BCUT2D eigenvalue weighted by molar-refractivity contribution is 6.00. The smallest absolute Gasteiger partial charge is 0.251 e. The number of benzene rings is 2. The van der Waals surface area contributed by atoms with E-state index >= 15 is 0 Å². The van der Waals surface area contributed by atoms with Gasteiger partial charge in [0.1, 0.15) is 17.3 Å². The fourth-order valence-corrected chi connectivity index (χ4v) is 7.12. The van der Waals surface area contributed by atoms with Gasteiger partial charge in [-0.1, -0.05) is 44.7 Å². The molecule has 2 aromatic rings. The number of hydrogen-bond acceptors (Lipinski definition) is 7. The van der Waals surface area contributed by atoms with Crippen LogP contribution in [0, 0.1) is 5.92 Å². The Labute approximate surface area is 266 Å². The van der Waals surface area contributed by atoms with Gasteiger partial charge in [-0.05, 0) is 73.9 Å². The lowest BCUT2D eigenvalue weighted by atomic mass is 9.78. The Bertz CT molecular complexity index is 1330. The molecule has 244 valence electrons. The van der Waals surface area contributed by atoms with Gasteiger partial charge in [-0.3, -0.25) is 19.3 Å². The van der Waals surface area contributed by atoms with Gasteiger partial charge in [0.2, 0.25) is 11.8 Å². The second-order valence-electron chi connectivity index (χ2n) is 12.7. The second kappa shape index (κ2) is 14.6. The largest absolute Gasteiger partial charge is 0.493 e. The van der Waals surface area contributed by atoms with Crippen LogP contribution in [0.1, 0.15) is 80.6 Å². The zero-order valence-corrected chi connectivity index (χ0v) is 26.8. The topological polar surface area (TPSA) is 120 Å². The number of aliphatic hydroxyl groups excluding tert-OH is 1. The zero-order chi connectivity index (χ0) is 32.0. The third-order valence-electron chi connectivity index (χ3n) is 9.86. The van der Waals surface area contributed by atoms with Crippen molar-refractivity contribution >= 4 is 17.7 Å². The molecule has 45 heavy (non-hydrogen) atoms. The molecule has 1 saturated carbocycles. The van der Waals surface area contributed by atoms with E-state index in [0.29, 0.717) is 61.8 Å². The molecule has 0 unspecified atom stereocenters. The molecule has 2 heterocycles. The SMILES string of the molecule is CCCCN1C(=O)[C@@H]([C@H](O)C2CCCCC2)NC(=O)C12CCN(Cc1ccc(Oc3ccc(C(=O)NC)cc3OC)cc1)CC2. The summed E-state index contributed by atoms with van der Waals surface area (Å²) in [6.07, 6.45) is 7.15. The van der Waals surface area contributed by atoms with Gasteiger partial charge in [0.15, 0.2) is 11.5 Å². The molecule has 10 heteroatoms. The van der Waals surface area contributed by atoms with Gasteiger partial charge in [-0.25, -0.2) is 0 Å². The minimum atomic E-state index is -0.865. The van der Waals surface area contributed by atoms with Crippen molar-refractivity contribution in [3.8, 4) is 17.2 Å². The molecular weight excluding hydrogens is 572 g/mol. The standard InChI is InChI=1S/C35H48N4O6/c1-4-5-19-39-33(42)30(31(40)25-9-7-6-8-10-25)37-34(43)35(39)17-20-38(21-18-35)23-24-11-14-27(15-12-24)45-28-16-13-26(32(41)36-2)22-29(28)44-3/h11-16,22,25,30-31,40H,4-10,17-21,23H2,1-3H3,(H,36,41)(H,37,43)/t30-,31-/m1/s1. The molecule has 3 N–H and O–H groups in total. The Hall–Kier alpha value is -3.63. The minimum absolute atomic E-state index is 0.0605. The van der Waals surface area contributed by atoms with Crippen LogP contribution < -0.4 is 20.1 Å². The summed E-state index contributed by atoms with van der Waals surface area (Å²) in [7, 11) is 3.12. The number of nitrogens with one attached hydrogen (secondary N) is 2. The number of aliphatic hydroxyl groups is 1. The van der Waals surface area contributed by atoms with Crippen molar-refractivity contribution in [3.05, 3.63) is 53.6 Å². The van der Waals surface area contributed by atoms with Crippen LogP contribution in [0.25, 0.3) is 0 Å². The lowest BCUT2D eigenvalue weighted by Crippen LogP contribution is -2.75. The number of piperazine rings is 1. The first-order valence-electron chi connectivity index (χ1n) is 16.5. The van der Waals surface area contributed by atoms with Gasteiger partial charge in [0.05, 0.1) is 13.2 Å². The first-order valence-corrected chi connectivity index (χ1v) is 16.5. The predicted molar refractivity (Wildman–Crippen MR) is 171 cm³/mol. The summed E-state index contributed by atoms with van der Waals surface area (Å²) in [5.74, 6) is 1.26. The van der Waals surface area contributed by atoms with E-state index in [9.17, 15) is 19.5 Å². The van der Waals surface area contributed by atoms with Crippen LogP contribution in [0.3, 0.4) is 0 Å². The maximum absolute atomic E-state index is 13.9. The first-order chi connectivity index (χ1) is 21.8. The fraction of sp³-hybridized carbons (Fsp3) is 0.571. The van der Waals surface area contributed by atoms with Crippen molar-refractivity contribution in [2.45, 2.75) is 88.9 Å². The van der Waals surface area contributed by atoms with Crippen LogP contribution in [0.15, 0.2) is 42.5 Å². The van der Waals surface area contributed by atoms with Crippen LogP contribution in [0.4, 0.5) is 0 Å². The van der Waals surface area contributed by atoms with Gasteiger partial charge in [0.25, 0.3) is 5.91 Å². The summed E-state index contributed by atoms with van der Waals surface area (Å²) < 4.78 is 11.5. The first kappa shape index (κ1) is 32.8. The van der Waals surface area contributed by atoms with E-state index in [-0.39, 0.29) is 23.6 Å². The molecular formula is C35H48N4O6. The van der Waals surface area contributed by atoms with Gasteiger partial charge >= 0.3 is 0 Å². The van der Waals surface area contributed by atoms with Crippen molar-refractivity contribution in [2.75, 3.05) is 33.8 Å². The Kier molecular flexibility index (Phi) is 10.7. The summed E-state index contributed by atoms with van der Waals surface area (Å²) in [6.45, 7) is 4.72. The molecule has 3 fully saturated rings. The van der Waals surface area contributed by atoms with E-state index in [1.165, 1.54) is 13.5 Å². The van der Waals surface area contributed by atoms with Gasteiger partial charge in [0, 0.05) is 38.8 Å². The number of methoxy groups -OCH3 is 1. The molecule has 2 aliphatic heterocycles. The highest BCUT2D eigenvalue weighted by Crippen LogP contribution is 2.37. The van der Waals surface area contributed by atoms with Crippen molar-refractivity contribution in [1.82, 2.24) is 20.4 Å². The van der Waals surface area contributed by atoms with E-state index in [4.69, 9.17) is 9.47 Å². The highest BCUT2D eigenvalue weighted by Gasteiger charge is 2.55. The quantitative estimate of drug-likeness (QED) is 0.344. The summed E-state index contributed by atoms with van der Waals surface area (Å²) in [5.41, 5.74) is 0.735. The lowest BCUT2D eigenvalue weighted by Gasteiger charge is -2.52. The molecule has 0 radical (unpaired) electrons. The van der Waals surface area contributed by atoms with Crippen LogP contribution >= 0.6 is 0 Å². The third-order valence-corrected chi connectivity index (χ3v) is 9.86. The average molecular weight is 621 g/mol. The number of rotatable bonds is 11. The zero-order valence-electron chi connectivity index (χ0n) is 26.8. The van der Waals surface area contributed by atoms with Crippen molar-refractivity contribution < 1.29 is 29.0 Å². The van der Waals surface area contributed by atoms with Crippen molar-refractivity contribution in [2.24, 2.45) is 5.92 Å².